The number of para-hydroxylation sites is 2. The van der Waals surface area contributed by atoms with Gasteiger partial charge >= 0.3 is 0 Å². The molecule has 1 saturated heterocycles. The summed E-state index contributed by atoms with van der Waals surface area (Å²) in [7, 11) is -2.59. The van der Waals surface area contributed by atoms with Crippen LogP contribution in [0.2, 0.25) is 0 Å². The highest BCUT2D eigenvalue weighted by atomic mass is 32.2. The Balaban J connectivity index is 1.54. The summed E-state index contributed by atoms with van der Waals surface area (Å²) in [6, 6.07) is 22.3. The SMILES string of the molecule is COc1ccccc1N(CC(=O)NCc1ccccc1CN1CCCC1=O)S(=O)(=O)c1ccccc1. The number of nitrogens with zero attached hydrogens (tertiary/aromatic N) is 2. The Hall–Kier alpha value is -3.85. The van der Waals surface area contributed by atoms with Crippen LogP contribution in [0.1, 0.15) is 24.0 Å². The van der Waals surface area contributed by atoms with Crippen molar-refractivity contribution in [3.8, 4) is 5.75 Å². The lowest BCUT2D eigenvalue weighted by atomic mass is 10.1. The van der Waals surface area contributed by atoms with Crippen LogP contribution in [-0.2, 0) is 32.7 Å². The lowest BCUT2D eigenvalue weighted by molar-refractivity contribution is -0.128. The quantitative estimate of drug-likeness (QED) is 0.454. The van der Waals surface area contributed by atoms with Crippen LogP contribution in [0.25, 0.3) is 0 Å². The molecule has 9 heteroatoms. The van der Waals surface area contributed by atoms with E-state index in [-0.39, 0.29) is 23.0 Å². The van der Waals surface area contributed by atoms with E-state index in [0.717, 1.165) is 28.4 Å². The smallest absolute Gasteiger partial charge is 0.264 e. The van der Waals surface area contributed by atoms with E-state index in [1.807, 2.05) is 29.2 Å². The second-order valence-corrected chi connectivity index (χ2v) is 10.3. The molecule has 0 aromatic heterocycles. The van der Waals surface area contributed by atoms with Crippen molar-refractivity contribution in [3.63, 3.8) is 0 Å². The summed E-state index contributed by atoms with van der Waals surface area (Å²) in [5.41, 5.74) is 2.10. The van der Waals surface area contributed by atoms with Crippen molar-refractivity contribution < 1.29 is 22.7 Å². The van der Waals surface area contributed by atoms with Gasteiger partial charge < -0.3 is 15.0 Å². The summed E-state index contributed by atoms with van der Waals surface area (Å²) in [6.07, 6.45) is 1.42. The van der Waals surface area contributed by atoms with Crippen molar-refractivity contribution in [1.29, 1.82) is 0 Å². The number of carbonyl (C=O) groups is 2. The number of amides is 2. The monoisotopic (exact) mass is 507 g/mol. The molecule has 188 valence electrons. The van der Waals surface area contributed by atoms with Crippen LogP contribution in [0.4, 0.5) is 5.69 Å². The highest BCUT2D eigenvalue weighted by Gasteiger charge is 2.29. The molecule has 1 aliphatic heterocycles. The van der Waals surface area contributed by atoms with E-state index in [4.69, 9.17) is 4.74 Å². The molecule has 0 atom stereocenters. The Kier molecular flexibility index (Phi) is 7.90. The lowest BCUT2D eigenvalue weighted by Gasteiger charge is -2.25. The van der Waals surface area contributed by atoms with Crippen LogP contribution in [0, 0.1) is 0 Å². The van der Waals surface area contributed by atoms with Crippen LogP contribution in [0.3, 0.4) is 0 Å². The first-order valence-corrected chi connectivity index (χ1v) is 13.2. The molecule has 1 N–H and O–H groups in total. The van der Waals surface area contributed by atoms with Crippen LogP contribution in [-0.4, -0.2) is 45.3 Å². The second-order valence-electron chi connectivity index (χ2n) is 8.46. The molecular formula is C27H29N3O5S. The number of ether oxygens (including phenoxy) is 1. The number of sulfonamides is 1. The number of hydrogen-bond donors (Lipinski definition) is 1. The van der Waals surface area contributed by atoms with E-state index in [2.05, 4.69) is 5.32 Å². The summed E-state index contributed by atoms with van der Waals surface area (Å²) >= 11 is 0. The van der Waals surface area contributed by atoms with Gasteiger partial charge in [0.15, 0.2) is 0 Å². The molecule has 3 aromatic carbocycles. The summed E-state index contributed by atoms with van der Waals surface area (Å²) < 4.78 is 33.5. The van der Waals surface area contributed by atoms with Gasteiger partial charge in [-0.1, -0.05) is 54.6 Å². The van der Waals surface area contributed by atoms with Gasteiger partial charge in [-0.05, 0) is 41.8 Å². The maximum absolute atomic E-state index is 13.5. The first-order chi connectivity index (χ1) is 17.4. The molecular weight excluding hydrogens is 478 g/mol. The van der Waals surface area contributed by atoms with Gasteiger partial charge in [0.2, 0.25) is 11.8 Å². The third-order valence-corrected chi connectivity index (χ3v) is 7.87. The average Bonchev–Trinajstić information content (AvgIpc) is 3.31. The first-order valence-electron chi connectivity index (χ1n) is 11.7. The number of methoxy groups -OCH3 is 1. The van der Waals surface area contributed by atoms with Gasteiger partial charge in [-0.3, -0.25) is 13.9 Å². The van der Waals surface area contributed by atoms with E-state index in [1.54, 1.807) is 42.5 Å². The zero-order chi connectivity index (χ0) is 25.5. The van der Waals surface area contributed by atoms with Crippen molar-refractivity contribution in [1.82, 2.24) is 10.2 Å². The molecule has 36 heavy (non-hydrogen) atoms. The molecule has 1 aliphatic rings. The number of nitrogens with one attached hydrogen (secondary N) is 1. The first kappa shape index (κ1) is 25.2. The molecule has 0 aliphatic carbocycles. The topological polar surface area (TPSA) is 96.0 Å². The number of carbonyl (C=O) groups excluding carboxylic acids is 2. The van der Waals surface area contributed by atoms with Crippen LogP contribution < -0.4 is 14.4 Å². The number of hydrogen-bond acceptors (Lipinski definition) is 5. The number of likely N-dealkylation sites (tertiary alicyclic amines) is 1. The van der Waals surface area contributed by atoms with Crippen LogP contribution in [0.15, 0.2) is 83.8 Å². The predicted molar refractivity (Wildman–Crippen MR) is 137 cm³/mol. The number of benzene rings is 3. The van der Waals surface area contributed by atoms with Crippen LogP contribution in [0.5, 0.6) is 5.75 Å². The normalized spacial score (nSPS) is 13.5. The largest absolute Gasteiger partial charge is 0.495 e. The maximum Gasteiger partial charge on any atom is 0.264 e. The Bertz CT molecular complexity index is 1330. The van der Waals surface area contributed by atoms with Gasteiger partial charge in [0.25, 0.3) is 10.0 Å². The van der Waals surface area contributed by atoms with Gasteiger partial charge in [0.1, 0.15) is 12.3 Å². The Morgan fingerprint density at radius 1 is 0.972 bits per heavy atom. The predicted octanol–water partition coefficient (Wildman–Crippen LogP) is 3.33. The number of anilines is 1. The molecule has 8 nitrogen and oxygen atoms in total. The zero-order valence-corrected chi connectivity index (χ0v) is 20.9. The molecule has 0 radical (unpaired) electrons. The maximum atomic E-state index is 13.5. The standard InChI is InChI=1S/C27H29N3O5S/c1-35-25-15-8-7-14-24(25)30(36(33,34)23-12-3-2-4-13-23)20-26(31)28-18-21-10-5-6-11-22(21)19-29-17-9-16-27(29)32/h2-8,10-15H,9,16-20H2,1H3,(H,28,31). The molecule has 4 rings (SSSR count). The molecule has 3 aromatic rings. The fourth-order valence-electron chi connectivity index (χ4n) is 4.20. The third-order valence-electron chi connectivity index (χ3n) is 6.10. The lowest BCUT2D eigenvalue weighted by Crippen LogP contribution is -2.41. The summed E-state index contributed by atoms with van der Waals surface area (Å²) in [5.74, 6) is 0.00491. The molecule has 0 spiro atoms. The van der Waals surface area contributed by atoms with E-state index in [0.29, 0.717) is 18.7 Å². The summed E-state index contributed by atoms with van der Waals surface area (Å²) in [6.45, 7) is 0.998. The van der Waals surface area contributed by atoms with E-state index in [9.17, 15) is 18.0 Å². The molecule has 0 bridgehead atoms. The van der Waals surface area contributed by atoms with Gasteiger partial charge in [-0.25, -0.2) is 8.42 Å². The fourth-order valence-corrected chi connectivity index (χ4v) is 5.65. The Morgan fingerprint density at radius 2 is 1.64 bits per heavy atom. The minimum absolute atomic E-state index is 0.0735. The molecule has 1 heterocycles. The average molecular weight is 508 g/mol. The zero-order valence-electron chi connectivity index (χ0n) is 20.1. The Morgan fingerprint density at radius 3 is 2.33 bits per heavy atom. The van der Waals surface area contributed by atoms with Crippen molar-refractivity contribution >= 4 is 27.5 Å². The van der Waals surface area contributed by atoms with Gasteiger partial charge in [-0.15, -0.1) is 0 Å². The minimum Gasteiger partial charge on any atom is -0.495 e. The molecule has 2 amide bonds. The van der Waals surface area contributed by atoms with Gasteiger partial charge in [0.05, 0.1) is 17.7 Å². The highest BCUT2D eigenvalue weighted by molar-refractivity contribution is 7.92. The van der Waals surface area contributed by atoms with Gasteiger partial charge in [0, 0.05) is 26.1 Å². The van der Waals surface area contributed by atoms with Gasteiger partial charge in [-0.2, -0.15) is 0 Å². The van der Waals surface area contributed by atoms with E-state index < -0.39 is 22.5 Å². The molecule has 1 fully saturated rings. The second kappa shape index (κ2) is 11.3. The third kappa shape index (κ3) is 5.68. The Labute approximate surface area is 211 Å². The van der Waals surface area contributed by atoms with E-state index in [1.165, 1.54) is 19.2 Å². The van der Waals surface area contributed by atoms with Crippen molar-refractivity contribution in [2.75, 3.05) is 24.5 Å². The van der Waals surface area contributed by atoms with Crippen molar-refractivity contribution in [2.45, 2.75) is 30.8 Å². The van der Waals surface area contributed by atoms with Crippen LogP contribution >= 0.6 is 0 Å². The van der Waals surface area contributed by atoms with E-state index >= 15 is 0 Å². The summed E-state index contributed by atoms with van der Waals surface area (Å²) in [4.78, 5) is 27.0. The number of rotatable bonds is 10. The molecule has 0 saturated carbocycles. The highest BCUT2D eigenvalue weighted by Crippen LogP contribution is 2.32. The van der Waals surface area contributed by atoms with Crippen molar-refractivity contribution in [2.24, 2.45) is 0 Å². The summed E-state index contributed by atoms with van der Waals surface area (Å²) in [5, 5.41) is 2.85. The minimum atomic E-state index is -4.05. The fraction of sp³-hybridized carbons (Fsp3) is 0.259. The van der Waals surface area contributed by atoms with Crippen molar-refractivity contribution in [3.05, 3.63) is 90.0 Å². The molecule has 0 unspecified atom stereocenters.